The van der Waals surface area contributed by atoms with Gasteiger partial charge in [0.2, 0.25) is 5.91 Å². The van der Waals surface area contributed by atoms with Crippen LogP contribution in [0.3, 0.4) is 0 Å². The molecule has 0 spiro atoms. The normalized spacial score (nSPS) is 13.8. The Labute approximate surface area is 114 Å². The number of ether oxygens (including phenoxy) is 2. The highest BCUT2D eigenvalue weighted by atomic mass is 16.5. The van der Waals surface area contributed by atoms with E-state index in [1.807, 2.05) is 25.1 Å². The van der Waals surface area contributed by atoms with E-state index in [1.165, 1.54) is 5.56 Å². The van der Waals surface area contributed by atoms with E-state index in [9.17, 15) is 4.79 Å². The second-order valence-electron chi connectivity index (χ2n) is 4.62. The first-order valence-electron chi connectivity index (χ1n) is 6.93. The molecule has 1 N–H and O–H groups in total. The number of nitrogens with one attached hydrogen (secondary N) is 1. The van der Waals surface area contributed by atoms with Crippen LogP contribution in [0.1, 0.15) is 31.7 Å². The summed E-state index contributed by atoms with van der Waals surface area (Å²) in [7, 11) is 0. The molecule has 0 fully saturated rings. The number of aryl methyl sites for hydroxylation is 1. The minimum atomic E-state index is 0.0846. The highest BCUT2D eigenvalue weighted by Gasteiger charge is 2.14. The van der Waals surface area contributed by atoms with Crippen LogP contribution in [0.2, 0.25) is 0 Å². The molecule has 0 bridgehead atoms. The molecule has 0 saturated heterocycles. The third-order valence-corrected chi connectivity index (χ3v) is 3.13. The Bertz CT molecular complexity index is 431. The lowest BCUT2D eigenvalue weighted by Crippen LogP contribution is -2.18. The average Bonchev–Trinajstić information content (AvgIpc) is 2.42. The first-order valence-corrected chi connectivity index (χ1v) is 6.93. The lowest BCUT2D eigenvalue weighted by molar-refractivity contribution is -0.116. The number of unbranched alkanes of at least 4 members (excludes halogenated alkanes) is 1. The number of carbonyl (C=O) groups excluding carboxylic acids is 1. The Morgan fingerprint density at radius 1 is 1.21 bits per heavy atom. The van der Waals surface area contributed by atoms with E-state index in [0.717, 1.165) is 43.9 Å². The van der Waals surface area contributed by atoms with Crippen molar-refractivity contribution in [2.45, 2.75) is 32.6 Å². The van der Waals surface area contributed by atoms with Gasteiger partial charge in [0.1, 0.15) is 5.75 Å². The largest absolute Gasteiger partial charge is 0.494 e. The fraction of sp³-hybridized carbons (Fsp3) is 0.533. The summed E-state index contributed by atoms with van der Waals surface area (Å²) in [4.78, 5) is 11.3. The van der Waals surface area contributed by atoms with Crippen LogP contribution in [0.4, 0.5) is 5.69 Å². The first-order chi connectivity index (χ1) is 9.29. The maximum Gasteiger partial charge on any atom is 0.224 e. The molecule has 4 nitrogen and oxygen atoms in total. The number of carbonyl (C=O) groups is 1. The maximum absolute atomic E-state index is 11.3. The minimum Gasteiger partial charge on any atom is -0.494 e. The predicted octanol–water partition coefficient (Wildman–Crippen LogP) is 2.77. The van der Waals surface area contributed by atoms with E-state index in [0.29, 0.717) is 13.0 Å². The topological polar surface area (TPSA) is 47.6 Å². The molecule has 1 amide bonds. The molecule has 0 saturated carbocycles. The molecule has 0 unspecified atom stereocenters. The molecule has 1 heterocycles. The molecule has 1 aromatic rings. The van der Waals surface area contributed by atoms with E-state index in [1.54, 1.807) is 0 Å². The van der Waals surface area contributed by atoms with E-state index in [-0.39, 0.29) is 5.91 Å². The van der Waals surface area contributed by atoms with Crippen LogP contribution >= 0.6 is 0 Å². The molecule has 1 aliphatic rings. The van der Waals surface area contributed by atoms with Gasteiger partial charge in [0, 0.05) is 31.4 Å². The summed E-state index contributed by atoms with van der Waals surface area (Å²) in [5, 5.41) is 2.88. The van der Waals surface area contributed by atoms with Crippen molar-refractivity contribution in [3.63, 3.8) is 0 Å². The number of benzene rings is 1. The molecule has 0 aliphatic carbocycles. The summed E-state index contributed by atoms with van der Waals surface area (Å²) in [5.41, 5.74) is 2.08. The third-order valence-electron chi connectivity index (χ3n) is 3.13. The summed E-state index contributed by atoms with van der Waals surface area (Å²) in [6.45, 7) is 4.24. The molecular weight excluding hydrogens is 242 g/mol. The Kier molecular flexibility index (Phi) is 5.21. The van der Waals surface area contributed by atoms with Crippen LogP contribution < -0.4 is 10.1 Å². The van der Waals surface area contributed by atoms with Crippen molar-refractivity contribution in [3.8, 4) is 5.75 Å². The van der Waals surface area contributed by atoms with Crippen LogP contribution in [0.5, 0.6) is 5.75 Å². The van der Waals surface area contributed by atoms with Crippen LogP contribution in [-0.2, 0) is 16.0 Å². The van der Waals surface area contributed by atoms with Gasteiger partial charge >= 0.3 is 0 Å². The van der Waals surface area contributed by atoms with Crippen molar-refractivity contribution >= 4 is 11.6 Å². The van der Waals surface area contributed by atoms with Crippen molar-refractivity contribution in [3.05, 3.63) is 23.8 Å². The van der Waals surface area contributed by atoms with E-state index in [4.69, 9.17) is 9.47 Å². The Hall–Kier alpha value is -1.55. The number of amides is 1. The van der Waals surface area contributed by atoms with Crippen LogP contribution in [0.25, 0.3) is 0 Å². The van der Waals surface area contributed by atoms with Crippen molar-refractivity contribution in [1.29, 1.82) is 0 Å². The quantitative estimate of drug-likeness (QED) is 0.769. The smallest absolute Gasteiger partial charge is 0.224 e. The fourth-order valence-corrected chi connectivity index (χ4v) is 2.08. The van der Waals surface area contributed by atoms with Crippen LogP contribution in [0.15, 0.2) is 18.2 Å². The van der Waals surface area contributed by atoms with E-state index >= 15 is 0 Å². The number of hydrogen-bond donors (Lipinski definition) is 1. The number of anilines is 1. The second kappa shape index (κ2) is 7.14. The molecular formula is C15H21NO3. The third kappa shape index (κ3) is 4.24. The highest BCUT2D eigenvalue weighted by Crippen LogP contribution is 2.27. The van der Waals surface area contributed by atoms with Gasteiger partial charge in [-0.05, 0) is 37.8 Å². The van der Waals surface area contributed by atoms with Gasteiger partial charge in [-0.2, -0.15) is 0 Å². The molecule has 0 radical (unpaired) electrons. The van der Waals surface area contributed by atoms with Gasteiger partial charge in [-0.15, -0.1) is 0 Å². The highest BCUT2D eigenvalue weighted by molar-refractivity contribution is 5.94. The van der Waals surface area contributed by atoms with Gasteiger partial charge < -0.3 is 14.8 Å². The van der Waals surface area contributed by atoms with Crippen LogP contribution in [-0.4, -0.2) is 25.7 Å². The molecule has 4 heteroatoms. The fourth-order valence-electron chi connectivity index (χ4n) is 2.08. The number of rotatable bonds is 7. The summed E-state index contributed by atoms with van der Waals surface area (Å²) in [6, 6.07) is 5.91. The predicted molar refractivity (Wildman–Crippen MR) is 74.6 cm³/mol. The Morgan fingerprint density at radius 2 is 2.05 bits per heavy atom. The molecule has 2 rings (SSSR count). The summed E-state index contributed by atoms with van der Waals surface area (Å²) in [5.74, 6) is 0.902. The zero-order chi connectivity index (χ0) is 13.5. The molecule has 0 aromatic heterocycles. The molecule has 104 valence electrons. The Morgan fingerprint density at radius 3 is 2.89 bits per heavy atom. The van der Waals surface area contributed by atoms with Crippen molar-refractivity contribution in [1.82, 2.24) is 0 Å². The maximum atomic E-state index is 11.3. The van der Waals surface area contributed by atoms with Gasteiger partial charge in [-0.3, -0.25) is 4.79 Å². The lowest BCUT2D eigenvalue weighted by Gasteiger charge is -2.17. The van der Waals surface area contributed by atoms with Crippen molar-refractivity contribution in [2.24, 2.45) is 0 Å². The first kappa shape index (κ1) is 13.9. The van der Waals surface area contributed by atoms with Gasteiger partial charge in [-0.25, -0.2) is 0 Å². The number of hydrogen-bond acceptors (Lipinski definition) is 3. The van der Waals surface area contributed by atoms with Gasteiger partial charge in [-0.1, -0.05) is 6.07 Å². The van der Waals surface area contributed by atoms with Crippen LogP contribution in [0, 0.1) is 0 Å². The average molecular weight is 263 g/mol. The monoisotopic (exact) mass is 263 g/mol. The minimum absolute atomic E-state index is 0.0846. The van der Waals surface area contributed by atoms with E-state index in [2.05, 4.69) is 5.32 Å². The SMILES string of the molecule is CCOCCCCOc1ccc2c(c1)NC(=O)CC2. The Balaban J connectivity index is 1.78. The van der Waals surface area contributed by atoms with Gasteiger partial charge in [0.05, 0.1) is 6.61 Å². The zero-order valence-electron chi connectivity index (χ0n) is 11.4. The summed E-state index contributed by atoms with van der Waals surface area (Å²) >= 11 is 0. The van der Waals surface area contributed by atoms with E-state index < -0.39 is 0 Å². The molecule has 0 atom stereocenters. The standard InChI is InChI=1S/C15H21NO3/c1-2-18-9-3-4-10-19-13-7-5-12-6-8-15(17)16-14(12)11-13/h5,7,11H,2-4,6,8-10H2,1H3,(H,16,17). The molecule has 19 heavy (non-hydrogen) atoms. The zero-order valence-corrected chi connectivity index (χ0v) is 11.4. The number of fused-ring (bicyclic) bond motifs is 1. The summed E-state index contributed by atoms with van der Waals surface area (Å²) < 4.78 is 10.9. The molecule has 1 aromatic carbocycles. The van der Waals surface area contributed by atoms with Crippen molar-refractivity contribution in [2.75, 3.05) is 25.1 Å². The van der Waals surface area contributed by atoms with Gasteiger partial charge in [0.15, 0.2) is 0 Å². The second-order valence-corrected chi connectivity index (χ2v) is 4.62. The lowest BCUT2D eigenvalue weighted by atomic mass is 10.0. The van der Waals surface area contributed by atoms with Gasteiger partial charge in [0.25, 0.3) is 0 Å². The van der Waals surface area contributed by atoms with Crippen molar-refractivity contribution < 1.29 is 14.3 Å². The summed E-state index contributed by atoms with van der Waals surface area (Å²) in [6.07, 6.45) is 3.37. The molecule has 1 aliphatic heterocycles.